The maximum absolute atomic E-state index is 8.78. The molecule has 6 nitrogen and oxygen atoms in total. The molecule has 1 aromatic carbocycles. The second kappa shape index (κ2) is 11.6. The van der Waals surface area contributed by atoms with Crippen LogP contribution in [0, 0.1) is 0 Å². The van der Waals surface area contributed by atoms with Crippen molar-refractivity contribution in [2.24, 2.45) is 0 Å². The first-order valence-corrected chi connectivity index (χ1v) is 10.8. The number of hydrogen-bond donors (Lipinski definition) is 2. The molecule has 6 heteroatoms. The minimum Gasteiger partial charge on any atom is -0.396 e. The summed E-state index contributed by atoms with van der Waals surface area (Å²) < 4.78 is 5.26. The van der Waals surface area contributed by atoms with Crippen LogP contribution < -0.4 is 15.5 Å². The average molecular weight is 399 g/mol. The molecule has 0 bridgehead atoms. The standard InChI is InChI=1S/C14H21NO.C9H13N3O/c16-12-4-5-13-6-8-14(9-7-13)15-10-2-1-3-11-15;10-9-7-8(1-2-11-9)12-3-5-13-6-4-12/h6-9,16H,1-5,10-12H2;1-2,7H,3-6H2,(H2,10,11). The molecule has 0 spiro atoms. The molecule has 0 amide bonds. The fourth-order valence-electron chi connectivity index (χ4n) is 3.76. The average Bonchev–Trinajstić information content (AvgIpc) is 2.80. The summed E-state index contributed by atoms with van der Waals surface area (Å²) >= 11 is 0. The number of aliphatic hydroxyl groups is 1. The monoisotopic (exact) mass is 398 g/mol. The molecule has 0 atom stereocenters. The van der Waals surface area contributed by atoms with Crippen LogP contribution in [0.15, 0.2) is 42.6 Å². The Balaban J connectivity index is 0.000000169. The zero-order valence-electron chi connectivity index (χ0n) is 17.3. The maximum Gasteiger partial charge on any atom is 0.125 e. The number of ether oxygens (including phenoxy) is 1. The van der Waals surface area contributed by atoms with Gasteiger partial charge in [0, 0.05) is 56.4 Å². The number of piperidine rings is 1. The Morgan fingerprint density at radius 2 is 1.59 bits per heavy atom. The van der Waals surface area contributed by atoms with E-state index in [1.807, 2.05) is 12.1 Å². The van der Waals surface area contributed by atoms with Gasteiger partial charge in [-0.15, -0.1) is 0 Å². The van der Waals surface area contributed by atoms with Crippen LogP contribution in [0.1, 0.15) is 31.2 Å². The van der Waals surface area contributed by atoms with Gasteiger partial charge in [0.15, 0.2) is 0 Å². The van der Waals surface area contributed by atoms with Gasteiger partial charge in [0.05, 0.1) is 13.2 Å². The molecule has 0 saturated carbocycles. The van der Waals surface area contributed by atoms with Crippen LogP contribution in [-0.2, 0) is 11.2 Å². The molecule has 3 N–H and O–H groups in total. The molecule has 2 aromatic rings. The number of pyridine rings is 1. The Morgan fingerprint density at radius 1 is 0.897 bits per heavy atom. The van der Waals surface area contributed by atoms with Crippen molar-refractivity contribution >= 4 is 17.2 Å². The normalized spacial score (nSPS) is 16.9. The number of morpholine rings is 1. The van der Waals surface area contributed by atoms with E-state index in [4.69, 9.17) is 15.6 Å². The smallest absolute Gasteiger partial charge is 0.125 e. The van der Waals surface area contributed by atoms with Crippen molar-refractivity contribution < 1.29 is 9.84 Å². The van der Waals surface area contributed by atoms with Gasteiger partial charge in [0.2, 0.25) is 0 Å². The van der Waals surface area contributed by atoms with Crippen molar-refractivity contribution in [1.29, 1.82) is 0 Å². The van der Waals surface area contributed by atoms with E-state index in [0.717, 1.165) is 44.8 Å². The van der Waals surface area contributed by atoms with Crippen LogP contribution in [0.3, 0.4) is 0 Å². The Labute approximate surface area is 174 Å². The third kappa shape index (κ3) is 6.91. The summed E-state index contributed by atoms with van der Waals surface area (Å²) in [7, 11) is 0. The molecule has 4 rings (SSSR count). The van der Waals surface area contributed by atoms with Gasteiger partial charge in [0.25, 0.3) is 0 Å². The van der Waals surface area contributed by atoms with Crippen molar-refractivity contribution in [1.82, 2.24) is 4.98 Å². The van der Waals surface area contributed by atoms with E-state index in [1.165, 1.54) is 43.6 Å². The van der Waals surface area contributed by atoms with Gasteiger partial charge in [-0.3, -0.25) is 0 Å². The second-order valence-electron chi connectivity index (χ2n) is 7.58. The highest BCUT2D eigenvalue weighted by atomic mass is 16.5. The van der Waals surface area contributed by atoms with Gasteiger partial charge < -0.3 is 25.4 Å². The summed E-state index contributed by atoms with van der Waals surface area (Å²) in [6.45, 7) is 6.15. The molecule has 0 unspecified atom stereocenters. The Bertz CT molecular complexity index is 711. The molecule has 1 aromatic heterocycles. The highest BCUT2D eigenvalue weighted by Gasteiger charge is 2.11. The number of nitrogens with two attached hydrogens (primary N) is 1. The third-order valence-corrected chi connectivity index (χ3v) is 5.42. The summed E-state index contributed by atoms with van der Waals surface area (Å²) in [5.74, 6) is 0.573. The van der Waals surface area contributed by atoms with Gasteiger partial charge in [-0.05, 0) is 55.9 Å². The van der Waals surface area contributed by atoms with Crippen molar-refractivity contribution in [2.75, 3.05) is 61.5 Å². The lowest BCUT2D eigenvalue weighted by atomic mass is 10.1. The first-order chi connectivity index (χ1) is 14.3. The Hall–Kier alpha value is -2.31. The molecule has 158 valence electrons. The van der Waals surface area contributed by atoms with Crippen LogP contribution in [0.2, 0.25) is 0 Å². The van der Waals surface area contributed by atoms with Crippen LogP contribution >= 0.6 is 0 Å². The number of nitrogens with zero attached hydrogens (tertiary/aromatic N) is 3. The van der Waals surface area contributed by atoms with E-state index < -0.39 is 0 Å². The van der Waals surface area contributed by atoms with Crippen LogP contribution in [0.25, 0.3) is 0 Å². The predicted octanol–water partition coefficient (Wildman–Crippen LogP) is 3.10. The molecule has 0 radical (unpaired) electrons. The largest absolute Gasteiger partial charge is 0.396 e. The lowest BCUT2D eigenvalue weighted by molar-refractivity contribution is 0.122. The number of aliphatic hydroxyl groups excluding tert-OH is 1. The molecule has 2 aliphatic rings. The lowest BCUT2D eigenvalue weighted by Gasteiger charge is -2.28. The number of aryl methyl sites for hydroxylation is 1. The summed E-state index contributed by atoms with van der Waals surface area (Å²) in [5.41, 5.74) is 9.41. The Morgan fingerprint density at radius 3 is 2.24 bits per heavy atom. The van der Waals surface area contributed by atoms with E-state index in [2.05, 4.69) is 39.0 Å². The van der Waals surface area contributed by atoms with E-state index in [-0.39, 0.29) is 6.61 Å². The van der Waals surface area contributed by atoms with Crippen LogP contribution in [-0.4, -0.2) is 56.1 Å². The van der Waals surface area contributed by atoms with Gasteiger partial charge in [-0.25, -0.2) is 4.98 Å². The zero-order valence-corrected chi connectivity index (χ0v) is 17.3. The van der Waals surface area contributed by atoms with E-state index in [9.17, 15) is 0 Å². The lowest BCUT2D eigenvalue weighted by Crippen LogP contribution is -2.36. The van der Waals surface area contributed by atoms with E-state index >= 15 is 0 Å². The summed E-state index contributed by atoms with van der Waals surface area (Å²) in [6, 6.07) is 12.7. The summed E-state index contributed by atoms with van der Waals surface area (Å²) in [5, 5.41) is 8.78. The number of nitrogen functional groups attached to an aromatic ring is 1. The first kappa shape index (κ1) is 21.4. The third-order valence-electron chi connectivity index (χ3n) is 5.42. The second-order valence-corrected chi connectivity index (χ2v) is 7.58. The molecule has 2 fully saturated rings. The van der Waals surface area contributed by atoms with Crippen molar-refractivity contribution in [3.05, 3.63) is 48.2 Å². The van der Waals surface area contributed by atoms with Gasteiger partial charge >= 0.3 is 0 Å². The number of benzene rings is 1. The van der Waals surface area contributed by atoms with Crippen LogP contribution in [0.4, 0.5) is 17.2 Å². The Kier molecular flexibility index (Phi) is 8.58. The summed E-state index contributed by atoms with van der Waals surface area (Å²) in [6.07, 6.45) is 7.61. The molecular weight excluding hydrogens is 364 g/mol. The van der Waals surface area contributed by atoms with E-state index in [1.54, 1.807) is 6.20 Å². The molecule has 3 heterocycles. The van der Waals surface area contributed by atoms with Crippen molar-refractivity contribution in [2.45, 2.75) is 32.1 Å². The molecule has 0 aliphatic carbocycles. The summed E-state index contributed by atoms with van der Waals surface area (Å²) in [4.78, 5) is 8.68. The van der Waals surface area contributed by atoms with Gasteiger partial charge in [-0.1, -0.05) is 12.1 Å². The molecule has 29 heavy (non-hydrogen) atoms. The fourth-order valence-corrected chi connectivity index (χ4v) is 3.76. The molecule has 2 saturated heterocycles. The van der Waals surface area contributed by atoms with Crippen molar-refractivity contribution in [3.8, 4) is 0 Å². The highest BCUT2D eigenvalue weighted by Crippen LogP contribution is 2.20. The fraction of sp³-hybridized carbons (Fsp3) is 0.522. The number of hydrogen-bond acceptors (Lipinski definition) is 6. The van der Waals surface area contributed by atoms with Gasteiger partial charge in [0.1, 0.15) is 5.82 Å². The number of rotatable bonds is 5. The minimum atomic E-state index is 0.286. The van der Waals surface area contributed by atoms with Crippen molar-refractivity contribution in [3.63, 3.8) is 0 Å². The number of aromatic nitrogens is 1. The van der Waals surface area contributed by atoms with E-state index in [0.29, 0.717) is 5.82 Å². The van der Waals surface area contributed by atoms with Crippen LogP contribution in [0.5, 0.6) is 0 Å². The maximum atomic E-state index is 8.78. The molecule has 2 aliphatic heterocycles. The molecular formula is C23H34N4O2. The minimum absolute atomic E-state index is 0.286. The number of anilines is 3. The highest BCUT2D eigenvalue weighted by molar-refractivity contribution is 5.52. The predicted molar refractivity (Wildman–Crippen MR) is 120 cm³/mol. The SMILES string of the molecule is Nc1cc(N2CCOCC2)ccn1.OCCCc1ccc(N2CCCCC2)cc1. The first-order valence-electron chi connectivity index (χ1n) is 10.8. The quantitative estimate of drug-likeness (QED) is 0.806. The topological polar surface area (TPSA) is 74.8 Å². The zero-order chi connectivity index (χ0) is 20.3. The van der Waals surface area contributed by atoms with Gasteiger partial charge in [-0.2, -0.15) is 0 Å².